The quantitative estimate of drug-likeness (QED) is 0.431. The van der Waals surface area contributed by atoms with E-state index in [1.54, 1.807) is 0 Å². The molecule has 0 saturated heterocycles. The topological polar surface area (TPSA) is 34.1 Å². The smallest absolute Gasteiger partial charge is 0.159 e. The van der Waals surface area contributed by atoms with Gasteiger partial charge in [-0.05, 0) is 32.6 Å². The highest BCUT2D eigenvalue weighted by Gasteiger charge is 2.53. The molecule has 134 valence electrons. The summed E-state index contributed by atoms with van der Waals surface area (Å²) in [6, 6.07) is 18.9. The number of allylic oxidation sites excluding steroid dienone is 3. The minimum Gasteiger partial charge on any atom is -0.312 e. The van der Waals surface area contributed by atoms with Gasteiger partial charge in [-0.3, -0.25) is 0 Å². The summed E-state index contributed by atoms with van der Waals surface area (Å²) in [5.74, 6) is 0.157. The highest BCUT2D eigenvalue weighted by molar-refractivity contribution is 7.81. The van der Waals surface area contributed by atoms with Crippen LogP contribution in [0, 0.1) is 5.92 Å². The lowest BCUT2D eigenvalue weighted by atomic mass is 9.79. The molecule has 0 amide bonds. The van der Waals surface area contributed by atoms with Crippen LogP contribution in [0.1, 0.15) is 26.7 Å². The van der Waals surface area contributed by atoms with E-state index >= 15 is 0 Å². The lowest BCUT2D eigenvalue weighted by molar-refractivity contribution is -0.109. The largest absolute Gasteiger partial charge is 0.312 e. The van der Waals surface area contributed by atoms with Gasteiger partial charge in [0, 0.05) is 10.6 Å². The van der Waals surface area contributed by atoms with Crippen LogP contribution in [0.3, 0.4) is 0 Å². The molecule has 0 aliphatic heterocycles. The van der Waals surface area contributed by atoms with Crippen LogP contribution in [0.5, 0.6) is 0 Å². The molecule has 26 heavy (non-hydrogen) atoms. The maximum Gasteiger partial charge on any atom is 0.159 e. The Morgan fingerprint density at radius 3 is 2.00 bits per heavy atom. The first-order valence-corrected chi connectivity index (χ1v) is 10.7. The van der Waals surface area contributed by atoms with Gasteiger partial charge in [-0.2, -0.15) is 0 Å². The monoisotopic (exact) mass is 364 g/mol. The average Bonchev–Trinajstić information content (AvgIpc) is 2.69. The van der Waals surface area contributed by atoms with Crippen molar-refractivity contribution in [3.05, 3.63) is 84.5 Å². The molecule has 0 spiro atoms. The summed E-state index contributed by atoms with van der Waals surface area (Å²) < 4.78 is 14.8. The Morgan fingerprint density at radius 2 is 1.58 bits per heavy atom. The Kier molecular flexibility index (Phi) is 5.16. The van der Waals surface area contributed by atoms with E-state index in [0.29, 0.717) is 6.42 Å². The third-order valence-corrected chi connectivity index (χ3v) is 9.46. The first-order chi connectivity index (χ1) is 12.5. The van der Waals surface area contributed by atoms with Gasteiger partial charge in [0.25, 0.3) is 0 Å². The van der Waals surface area contributed by atoms with Crippen molar-refractivity contribution in [2.75, 3.05) is 0 Å². The summed E-state index contributed by atoms with van der Waals surface area (Å²) in [7, 11) is -3.24. The van der Waals surface area contributed by atoms with Gasteiger partial charge < -0.3 is 9.36 Å². The summed E-state index contributed by atoms with van der Waals surface area (Å²) in [5, 5.41) is 0.430. The van der Waals surface area contributed by atoms with Crippen molar-refractivity contribution in [1.82, 2.24) is 0 Å². The zero-order chi connectivity index (χ0) is 18.8. The molecule has 2 aromatic carbocycles. The fraction of sp³-hybridized carbons (Fsp3) is 0.261. The van der Waals surface area contributed by atoms with E-state index in [1.807, 2.05) is 74.5 Å². The molecule has 0 aromatic heterocycles. The average molecular weight is 364 g/mol. The van der Waals surface area contributed by atoms with E-state index in [1.165, 1.54) is 0 Å². The van der Waals surface area contributed by atoms with E-state index in [-0.39, 0.29) is 5.92 Å². The van der Waals surface area contributed by atoms with E-state index < -0.39 is 12.3 Å². The Bertz CT molecular complexity index is 839. The molecule has 3 heteroatoms. The normalized spacial score (nSPS) is 23.2. The summed E-state index contributed by atoms with van der Waals surface area (Å²) in [4.78, 5) is 12.6. The van der Waals surface area contributed by atoms with Gasteiger partial charge in [0.1, 0.15) is 11.4 Å². The van der Waals surface area contributed by atoms with Gasteiger partial charge in [0.2, 0.25) is 0 Å². The molecule has 1 aliphatic rings. The summed E-state index contributed by atoms with van der Waals surface area (Å²) in [5.41, 5.74) is 1.94. The van der Waals surface area contributed by atoms with E-state index in [0.717, 1.165) is 34.5 Å². The van der Waals surface area contributed by atoms with E-state index in [9.17, 15) is 9.36 Å². The van der Waals surface area contributed by atoms with Crippen molar-refractivity contribution in [3.63, 3.8) is 0 Å². The Balaban J connectivity index is 2.32. The minimum atomic E-state index is -3.24. The maximum absolute atomic E-state index is 14.8. The van der Waals surface area contributed by atoms with Gasteiger partial charge in [-0.25, -0.2) is 0 Å². The molecule has 3 rings (SSSR count). The van der Waals surface area contributed by atoms with Crippen LogP contribution in [0.15, 0.2) is 84.5 Å². The molecule has 2 atom stereocenters. The first-order valence-electron chi connectivity index (χ1n) is 8.96. The SMILES string of the molecule is C=C(C)[C@@H]1CC=C(C)C(C=O)(P(=O)(c2ccccc2)c2ccccc2)C1. The van der Waals surface area contributed by atoms with E-state index in [2.05, 4.69) is 12.7 Å². The molecule has 0 fully saturated rings. The van der Waals surface area contributed by atoms with Crippen molar-refractivity contribution in [2.24, 2.45) is 5.92 Å². The molecule has 1 unspecified atom stereocenters. The summed E-state index contributed by atoms with van der Waals surface area (Å²) in [6.45, 7) is 8.03. The molecule has 0 saturated carbocycles. The van der Waals surface area contributed by atoms with Gasteiger partial charge in [0.15, 0.2) is 7.14 Å². The van der Waals surface area contributed by atoms with Crippen LogP contribution in [0.2, 0.25) is 0 Å². The number of hydrogen-bond acceptors (Lipinski definition) is 2. The van der Waals surface area contributed by atoms with Crippen LogP contribution < -0.4 is 10.6 Å². The second-order valence-corrected chi connectivity index (χ2v) is 10.2. The van der Waals surface area contributed by atoms with Crippen molar-refractivity contribution >= 4 is 24.0 Å². The second kappa shape index (κ2) is 7.21. The first kappa shape index (κ1) is 18.6. The summed E-state index contributed by atoms with van der Waals surface area (Å²) >= 11 is 0. The number of hydrogen-bond donors (Lipinski definition) is 0. The minimum absolute atomic E-state index is 0.157. The number of benzene rings is 2. The Morgan fingerprint density at radius 1 is 1.08 bits per heavy atom. The van der Waals surface area contributed by atoms with Gasteiger partial charge >= 0.3 is 0 Å². The maximum atomic E-state index is 14.8. The number of carbonyl (C=O) groups excluding carboxylic acids is 1. The van der Waals surface area contributed by atoms with Crippen molar-refractivity contribution in [1.29, 1.82) is 0 Å². The van der Waals surface area contributed by atoms with Crippen LogP contribution in [0.25, 0.3) is 0 Å². The molecule has 0 radical (unpaired) electrons. The molecule has 2 nitrogen and oxygen atoms in total. The van der Waals surface area contributed by atoms with Crippen LogP contribution in [-0.2, 0) is 9.36 Å². The predicted octanol–water partition coefficient (Wildman–Crippen LogP) is 4.87. The second-order valence-electron chi connectivity index (χ2n) is 7.19. The highest BCUT2D eigenvalue weighted by atomic mass is 31.2. The van der Waals surface area contributed by atoms with Crippen LogP contribution in [-0.4, -0.2) is 11.4 Å². The van der Waals surface area contributed by atoms with Gasteiger partial charge in [0.05, 0.1) is 0 Å². The number of aldehydes is 1. The van der Waals surface area contributed by atoms with Gasteiger partial charge in [-0.1, -0.05) is 84.5 Å². The van der Waals surface area contributed by atoms with Crippen molar-refractivity contribution in [3.8, 4) is 0 Å². The summed E-state index contributed by atoms with van der Waals surface area (Å²) in [6.07, 6.45) is 4.40. The third-order valence-electron chi connectivity index (χ3n) is 5.64. The zero-order valence-electron chi connectivity index (χ0n) is 15.4. The highest BCUT2D eigenvalue weighted by Crippen LogP contribution is 2.62. The van der Waals surface area contributed by atoms with Crippen LogP contribution >= 0.6 is 7.14 Å². The molecular formula is C23H25O2P. The molecule has 0 N–H and O–H groups in total. The molecular weight excluding hydrogens is 339 g/mol. The number of carbonyl (C=O) groups is 1. The fourth-order valence-electron chi connectivity index (χ4n) is 3.97. The Hall–Kier alpha value is -2.18. The Labute approximate surface area is 156 Å². The predicted molar refractivity (Wildman–Crippen MR) is 110 cm³/mol. The van der Waals surface area contributed by atoms with E-state index in [4.69, 9.17) is 0 Å². The lowest BCUT2D eigenvalue weighted by Crippen LogP contribution is -2.44. The molecule has 0 heterocycles. The third kappa shape index (κ3) is 2.83. The fourth-order valence-corrected chi connectivity index (χ4v) is 7.59. The molecule has 2 aromatic rings. The zero-order valence-corrected chi connectivity index (χ0v) is 16.3. The van der Waals surface area contributed by atoms with Crippen molar-refractivity contribution in [2.45, 2.75) is 31.8 Å². The number of rotatable bonds is 5. The standard InChI is InChI=1S/C23H25O2P/c1-18(2)20-15-14-19(3)23(16-20,17-24)26(25,21-10-6-4-7-11-21)22-12-8-5-9-13-22/h4-14,17,20H,1,15-16H2,2-3H3/t20-,23?/m1/s1. The van der Waals surface area contributed by atoms with Gasteiger partial charge in [-0.15, -0.1) is 0 Å². The van der Waals surface area contributed by atoms with Crippen LogP contribution in [0.4, 0.5) is 0 Å². The molecule has 1 aliphatic carbocycles. The van der Waals surface area contributed by atoms with Crippen molar-refractivity contribution < 1.29 is 9.36 Å². The molecule has 0 bridgehead atoms. The lowest BCUT2D eigenvalue weighted by Gasteiger charge is -2.43.